The minimum absolute atomic E-state index is 0.0970. The maximum Gasteiger partial charge on any atom is 0.325 e. The summed E-state index contributed by atoms with van der Waals surface area (Å²) in [4.78, 5) is 24.3. The van der Waals surface area contributed by atoms with E-state index in [1.165, 1.54) is 11.8 Å². The van der Waals surface area contributed by atoms with Crippen LogP contribution in [0.4, 0.5) is 10.5 Å². The van der Waals surface area contributed by atoms with Crippen LogP contribution in [0.1, 0.15) is 0 Å². The third kappa shape index (κ3) is 5.50. The molecule has 0 saturated heterocycles. The second-order valence-electron chi connectivity index (χ2n) is 4.45. The fourth-order valence-corrected chi connectivity index (χ4v) is 2.74. The van der Waals surface area contributed by atoms with Crippen LogP contribution in [0, 0.1) is 0 Å². The number of halogens is 1. The van der Waals surface area contributed by atoms with Gasteiger partial charge in [-0.25, -0.2) is 4.79 Å². The Kier molecular flexibility index (Phi) is 6.31. The number of carbonyl (C=O) groups is 2. The van der Waals surface area contributed by atoms with Gasteiger partial charge in [-0.1, -0.05) is 23.7 Å². The van der Waals surface area contributed by atoms with Gasteiger partial charge in [0.15, 0.2) is 0 Å². The van der Waals surface area contributed by atoms with Crippen molar-refractivity contribution < 1.29 is 14.3 Å². The lowest BCUT2D eigenvalue weighted by Crippen LogP contribution is -2.35. The summed E-state index contributed by atoms with van der Waals surface area (Å²) in [5.74, 6) is 0.379. The number of urea groups is 1. The summed E-state index contributed by atoms with van der Waals surface area (Å²) < 4.78 is 5.03. The number of carbonyl (C=O) groups excluding carboxylic acids is 2. The van der Waals surface area contributed by atoms with Gasteiger partial charge in [0.2, 0.25) is 5.91 Å². The van der Waals surface area contributed by atoms with Gasteiger partial charge < -0.3 is 10.1 Å². The zero-order valence-corrected chi connectivity index (χ0v) is 13.9. The lowest BCUT2D eigenvalue weighted by atomic mass is 10.3. The van der Waals surface area contributed by atoms with Crippen molar-refractivity contribution in [1.82, 2.24) is 5.32 Å². The molecule has 2 rings (SSSR count). The Hall–Kier alpha value is -2.18. The Bertz CT molecular complexity index is 692. The summed E-state index contributed by atoms with van der Waals surface area (Å²) in [5, 5.41) is 5.41. The van der Waals surface area contributed by atoms with Crippen LogP contribution in [0.5, 0.6) is 5.75 Å². The third-order valence-corrected chi connectivity index (χ3v) is 4.31. The minimum Gasteiger partial charge on any atom is -0.497 e. The number of nitrogens with one attached hydrogen (secondary N) is 2. The lowest BCUT2D eigenvalue weighted by molar-refractivity contribution is -0.117. The molecule has 2 aromatic carbocycles. The molecule has 23 heavy (non-hydrogen) atoms. The second-order valence-corrected chi connectivity index (χ2v) is 5.87. The Balaban J connectivity index is 1.80. The lowest BCUT2D eigenvalue weighted by Gasteiger charge is -2.08. The second kappa shape index (κ2) is 8.45. The first kappa shape index (κ1) is 17.2. The van der Waals surface area contributed by atoms with Gasteiger partial charge in [0.25, 0.3) is 0 Å². The molecule has 0 bridgehead atoms. The van der Waals surface area contributed by atoms with E-state index in [2.05, 4.69) is 10.6 Å². The zero-order chi connectivity index (χ0) is 16.7. The molecule has 0 spiro atoms. The van der Waals surface area contributed by atoms with E-state index in [0.717, 1.165) is 4.90 Å². The highest BCUT2D eigenvalue weighted by Crippen LogP contribution is 2.26. The van der Waals surface area contributed by atoms with E-state index in [0.29, 0.717) is 16.5 Å². The molecule has 3 amide bonds. The summed E-state index contributed by atoms with van der Waals surface area (Å²) >= 11 is 7.27. The standard InChI is InChI=1S/C16H15ClN2O3S/c1-22-12-8-6-11(7-9-12)18-16(21)19-15(20)10-23-14-5-3-2-4-13(14)17/h2-9H,10H2,1H3,(H2,18,19,20,21). The van der Waals surface area contributed by atoms with Crippen LogP contribution in [0.3, 0.4) is 0 Å². The smallest absolute Gasteiger partial charge is 0.325 e. The van der Waals surface area contributed by atoms with Crippen LogP contribution in [0.15, 0.2) is 53.4 Å². The van der Waals surface area contributed by atoms with E-state index < -0.39 is 11.9 Å². The van der Waals surface area contributed by atoms with E-state index in [4.69, 9.17) is 16.3 Å². The predicted molar refractivity (Wildman–Crippen MR) is 92.3 cm³/mol. The quantitative estimate of drug-likeness (QED) is 0.805. The number of hydrogen-bond donors (Lipinski definition) is 2. The highest BCUT2D eigenvalue weighted by molar-refractivity contribution is 8.00. The number of anilines is 1. The van der Waals surface area contributed by atoms with Crippen molar-refractivity contribution >= 4 is 41.0 Å². The van der Waals surface area contributed by atoms with E-state index in [9.17, 15) is 9.59 Å². The molecule has 0 atom stereocenters. The molecule has 2 N–H and O–H groups in total. The molecule has 0 radical (unpaired) electrons. The summed E-state index contributed by atoms with van der Waals surface area (Å²) in [6.45, 7) is 0. The number of thioether (sulfide) groups is 1. The molecular formula is C16H15ClN2O3S. The molecule has 0 heterocycles. The summed E-state index contributed by atoms with van der Waals surface area (Å²) in [7, 11) is 1.56. The maximum atomic E-state index is 11.8. The van der Waals surface area contributed by atoms with Crippen molar-refractivity contribution in [3.05, 3.63) is 53.6 Å². The molecule has 0 aliphatic carbocycles. The number of amides is 3. The van der Waals surface area contributed by atoms with E-state index in [1.807, 2.05) is 18.2 Å². The van der Waals surface area contributed by atoms with Crippen LogP contribution in [-0.2, 0) is 4.79 Å². The molecule has 0 fully saturated rings. The largest absolute Gasteiger partial charge is 0.497 e. The van der Waals surface area contributed by atoms with Crippen LogP contribution in [0.25, 0.3) is 0 Å². The van der Waals surface area contributed by atoms with Gasteiger partial charge in [0.05, 0.1) is 17.9 Å². The topological polar surface area (TPSA) is 67.4 Å². The molecule has 0 aromatic heterocycles. The number of imide groups is 1. The molecule has 0 aliphatic rings. The third-order valence-electron chi connectivity index (χ3n) is 2.80. The monoisotopic (exact) mass is 350 g/mol. The number of hydrogen-bond acceptors (Lipinski definition) is 4. The van der Waals surface area contributed by atoms with Crippen molar-refractivity contribution in [3.63, 3.8) is 0 Å². The zero-order valence-electron chi connectivity index (χ0n) is 12.3. The first-order chi connectivity index (χ1) is 11.1. The highest BCUT2D eigenvalue weighted by Gasteiger charge is 2.09. The van der Waals surface area contributed by atoms with Gasteiger partial charge in [-0.05, 0) is 36.4 Å². The van der Waals surface area contributed by atoms with Crippen LogP contribution in [-0.4, -0.2) is 24.8 Å². The number of methoxy groups -OCH3 is 1. The van der Waals surface area contributed by atoms with E-state index in [-0.39, 0.29) is 5.75 Å². The highest BCUT2D eigenvalue weighted by atomic mass is 35.5. The van der Waals surface area contributed by atoms with Crippen molar-refractivity contribution in [2.75, 3.05) is 18.2 Å². The molecule has 0 unspecified atom stereocenters. The van der Waals surface area contributed by atoms with E-state index >= 15 is 0 Å². The average Bonchev–Trinajstić information content (AvgIpc) is 2.54. The van der Waals surface area contributed by atoms with Gasteiger partial charge in [0.1, 0.15) is 5.75 Å². The van der Waals surface area contributed by atoms with E-state index in [1.54, 1.807) is 37.4 Å². The number of rotatable bonds is 5. The maximum absolute atomic E-state index is 11.8. The summed E-state index contributed by atoms with van der Waals surface area (Å²) in [6.07, 6.45) is 0. The Morgan fingerprint density at radius 3 is 2.48 bits per heavy atom. The van der Waals surface area contributed by atoms with Gasteiger partial charge in [-0.3, -0.25) is 10.1 Å². The SMILES string of the molecule is COc1ccc(NC(=O)NC(=O)CSc2ccccc2Cl)cc1. The molecule has 2 aromatic rings. The Morgan fingerprint density at radius 1 is 1.13 bits per heavy atom. The molecule has 0 aliphatic heterocycles. The van der Waals surface area contributed by atoms with Crippen molar-refractivity contribution in [2.45, 2.75) is 4.90 Å². The molecule has 5 nitrogen and oxygen atoms in total. The fourth-order valence-electron chi connectivity index (χ4n) is 1.70. The first-order valence-electron chi connectivity index (χ1n) is 6.70. The van der Waals surface area contributed by atoms with Crippen LogP contribution >= 0.6 is 23.4 Å². The number of benzene rings is 2. The summed E-state index contributed by atoms with van der Waals surface area (Å²) in [6, 6.07) is 13.4. The normalized spacial score (nSPS) is 10.0. The molecule has 7 heteroatoms. The predicted octanol–water partition coefficient (Wildman–Crippen LogP) is 3.79. The van der Waals surface area contributed by atoms with Gasteiger partial charge >= 0.3 is 6.03 Å². The summed E-state index contributed by atoms with van der Waals surface area (Å²) in [5.41, 5.74) is 0.565. The average molecular weight is 351 g/mol. The van der Waals surface area contributed by atoms with Crippen molar-refractivity contribution in [2.24, 2.45) is 0 Å². The van der Waals surface area contributed by atoms with Crippen LogP contribution in [0.2, 0.25) is 5.02 Å². The van der Waals surface area contributed by atoms with Gasteiger partial charge in [-0.15, -0.1) is 11.8 Å². The van der Waals surface area contributed by atoms with Crippen molar-refractivity contribution in [1.29, 1.82) is 0 Å². The van der Waals surface area contributed by atoms with Crippen LogP contribution < -0.4 is 15.4 Å². The minimum atomic E-state index is -0.583. The van der Waals surface area contributed by atoms with Gasteiger partial charge in [0, 0.05) is 10.6 Å². The Morgan fingerprint density at radius 2 is 1.83 bits per heavy atom. The first-order valence-corrected chi connectivity index (χ1v) is 8.07. The van der Waals surface area contributed by atoms with Crippen molar-refractivity contribution in [3.8, 4) is 5.75 Å². The molecule has 120 valence electrons. The Labute approximate surface area is 143 Å². The number of ether oxygens (including phenoxy) is 1. The van der Waals surface area contributed by atoms with Gasteiger partial charge in [-0.2, -0.15) is 0 Å². The molecule has 0 saturated carbocycles. The fraction of sp³-hybridized carbons (Fsp3) is 0.125. The molecular weight excluding hydrogens is 336 g/mol.